The number of carbonyl (C=O) groups is 2. The van der Waals surface area contributed by atoms with Gasteiger partial charge in [0.1, 0.15) is 19.0 Å². The SMILES string of the molecule is COC(=O)c1ccccc1Nc1cc2c(cc1OCc1ccccc1)[C@]13CCCCC1[C@H](C2)N(C(=O)OCc1ccccc1)CC3. The lowest BCUT2D eigenvalue weighted by Gasteiger charge is -2.58. The van der Waals surface area contributed by atoms with Gasteiger partial charge in [0.2, 0.25) is 0 Å². The van der Waals surface area contributed by atoms with Gasteiger partial charge in [-0.3, -0.25) is 0 Å². The minimum atomic E-state index is -0.407. The van der Waals surface area contributed by atoms with Crippen LogP contribution in [0, 0.1) is 5.92 Å². The normalized spacial score (nSPS) is 21.4. The number of hydrogen-bond acceptors (Lipinski definition) is 6. The minimum absolute atomic E-state index is 0.0139. The number of benzene rings is 4. The molecule has 2 bridgehead atoms. The summed E-state index contributed by atoms with van der Waals surface area (Å²) in [4.78, 5) is 28.2. The summed E-state index contributed by atoms with van der Waals surface area (Å²) in [6.45, 7) is 1.37. The summed E-state index contributed by atoms with van der Waals surface area (Å²) in [5.41, 5.74) is 6.50. The van der Waals surface area contributed by atoms with Crippen LogP contribution in [0.4, 0.5) is 16.2 Å². The third-order valence-electron chi connectivity index (χ3n) is 10.2. The van der Waals surface area contributed by atoms with Crippen LogP contribution in [0.2, 0.25) is 0 Å². The Balaban J connectivity index is 1.25. The molecule has 0 spiro atoms. The molecule has 46 heavy (non-hydrogen) atoms. The molecule has 1 N–H and O–H groups in total. The van der Waals surface area contributed by atoms with E-state index in [-0.39, 0.29) is 24.2 Å². The highest BCUT2D eigenvalue weighted by Crippen LogP contribution is 2.57. The zero-order valence-corrected chi connectivity index (χ0v) is 26.2. The number of anilines is 2. The first kappa shape index (κ1) is 29.9. The minimum Gasteiger partial charge on any atom is -0.487 e. The number of amides is 1. The van der Waals surface area contributed by atoms with Gasteiger partial charge in [0, 0.05) is 18.0 Å². The molecule has 4 aromatic rings. The molecule has 0 radical (unpaired) electrons. The maximum Gasteiger partial charge on any atom is 0.410 e. The van der Waals surface area contributed by atoms with Crippen LogP contribution >= 0.6 is 0 Å². The average molecular weight is 617 g/mol. The fraction of sp³-hybridized carbons (Fsp3) is 0.333. The molecule has 0 aromatic heterocycles. The van der Waals surface area contributed by atoms with Crippen molar-refractivity contribution < 1.29 is 23.8 Å². The van der Waals surface area contributed by atoms with Crippen molar-refractivity contribution in [2.45, 2.75) is 63.2 Å². The van der Waals surface area contributed by atoms with E-state index in [2.05, 4.69) is 29.6 Å². The summed E-state index contributed by atoms with van der Waals surface area (Å²) in [6, 6.07) is 31.9. The Kier molecular flexibility index (Phi) is 8.39. The predicted octanol–water partition coefficient (Wildman–Crippen LogP) is 8.19. The smallest absolute Gasteiger partial charge is 0.410 e. The summed E-state index contributed by atoms with van der Waals surface area (Å²) < 4.78 is 17.5. The van der Waals surface area contributed by atoms with Gasteiger partial charge in [-0.25, -0.2) is 9.59 Å². The van der Waals surface area contributed by atoms with Gasteiger partial charge >= 0.3 is 12.1 Å². The van der Waals surface area contributed by atoms with Crippen LogP contribution in [0.1, 0.15) is 64.7 Å². The summed E-state index contributed by atoms with van der Waals surface area (Å²) in [5.74, 6) is 0.715. The van der Waals surface area contributed by atoms with Crippen molar-refractivity contribution in [3.63, 3.8) is 0 Å². The lowest BCUT2D eigenvalue weighted by molar-refractivity contribution is -0.0137. The van der Waals surface area contributed by atoms with Gasteiger partial charge in [0.15, 0.2) is 0 Å². The molecule has 7 heteroatoms. The van der Waals surface area contributed by atoms with E-state index in [9.17, 15) is 9.59 Å². The Bertz CT molecular complexity index is 1710. The van der Waals surface area contributed by atoms with E-state index in [1.54, 1.807) is 6.07 Å². The molecule has 1 saturated carbocycles. The first-order chi connectivity index (χ1) is 22.6. The van der Waals surface area contributed by atoms with Crippen molar-refractivity contribution >= 4 is 23.4 Å². The van der Waals surface area contributed by atoms with E-state index in [0.717, 1.165) is 48.2 Å². The first-order valence-electron chi connectivity index (χ1n) is 16.3. The van der Waals surface area contributed by atoms with Gasteiger partial charge in [0.25, 0.3) is 0 Å². The fourth-order valence-corrected chi connectivity index (χ4v) is 8.05. The molecule has 3 aliphatic rings. The zero-order valence-electron chi connectivity index (χ0n) is 26.2. The summed E-state index contributed by atoms with van der Waals surface area (Å²) in [7, 11) is 1.39. The topological polar surface area (TPSA) is 77.1 Å². The third kappa shape index (κ3) is 5.70. The van der Waals surface area contributed by atoms with Crippen LogP contribution in [0.15, 0.2) is 97.1 Å². The number of nitrogens with one attached hydrogen (secondary N) is 1. The van der Waals surface area contributed by atoms with Crippen LogP contribution in [0.3, 0.4) is 0 Å². The zero-order chi connectivity index (χ0) is 31.5. The Morgan fingerprint density at radius 1 is 0.848 bits per heavy atom. The molecular weight excluding hydrogens is 576 g/mol. The van der Waals surface area contributed by atoms with Gasteiger partial charge in [-0.15, -0.1) is 0 Å². The predicted molar refractivity (Wildman–Crippen MR) is 177 cm³/mol. The highest BCUT2D eigenvalue weighted by Gasteiger charge is 2.55. The Morgan fingerprint density at radius 3 is 2.33 bits per heavy atom. The number of nitrogens with zero attached hydrogens (tertiary/aromatic N) is 1. The second kappa shape index (κ2) is 12.9. The van der Waals surface area contributed by atoms with Crippen molar-refractivity contribution in [2.24, 2.45) is 5.92 Å². The van der Waals surface area contributed by atoms with E-state index >= 15 is 0 Å². The van der Waals surface area contributed by atoms with Gasteiger partial charge in [-0.1, -0.05) is 85.6 Å². The van der Waals surface area contributed by atoms with Crippen LogP contribution in [0.5, 0.6) is 5.75 Å². The number of likely N-dealkylation sites (tertiary alicyclic amines) is 1. The van der Waals surface area contributed by atoms with Gasteiger partial charge in [-0.05, 0) is 78.1 Å². The molecule has 2 aliphatic carbocycles. The molecule has 7 rings (SSSR count). The molecule has 2 fully saturated rings. The number of piperidine rings is 1. The van der Waals surface area contributed by atoms with Crippen LogP contribution in [-0.2, 0) is 34.5 Å². The lowest BCUT2D eigenvalue weighted by Crippen LogP contribution is -2.62. The van der Waals surface area contributed by atoms with Crippen molar-refractivity contribution in [2.75, 3.05) is 19.0 Å². The standard InChI is InChI=1S/C39H40N2O5/c1-44-37(42)30-16-8-9-18-33(30)40-34-22-29-23-35-31-17-10-11-19-39(31,32(29)24-36(34)45-25-27-12-4-2-5-13-27)20-21-41(35)38(43)46-26-28-14-6-3-7-15-28/h2-9,12-16,18,22,24,31,35,40H,10-11,17,19-21,23,25-26H2,1H3/t31?,35-,39-/m0/s1. The molecule has 4 aromatic carbocycles. The van der Waals surface area contributed by atoms with Crippen molar-refractivity contribution in [1.82, 2.24) is 4.90 Å². The molecular formula is C39H40N2O5. The molecule has 1 aliphatic heterocycles. The molecule has 1 unspecified atom stereocenters. The third-order valence-corrected chi connectivity index (χ3v) is 10.2. The second-order valence-corrected chi connectivity index (χ2v) is 12.7. The van der Waals surface area contributed by atoms with Crippen LogP contribution < -0.4 is 10.1 Å². The van der Waals surface area contributed by atoms with Gasteiger partial charge in [-0.2, -0.15) is 0 Å². The number of esters is 1. The molecule has 236 valence electrons. The molecule has 1 heterocycles. The lowest BCUT2D eigenvalue weighted by atomic mass is 9.52. The van der Waals surface area contributed by atoms with E-state index in [1.807, 2.05) is 71.6 Å². The Hall–Kier alpha value is -4.78. The number of carbonyl (C=O) groups excluding carboxylic acids is 2. The number of hydrogen-bond donors (Lipinski definition) is 1. The van der Waals surface area contributed by atoms with E-state index < -0.39 is 5.97 Å². The van der Waals surface area contributed by atoms with E-state index in [0.29, 0.717) is 30.3 Å². The second-order valence-electron chi connectivity index (χ2n) is 12.7. The van der Waals surface area contributed by atoms with E-state index in [4.69, 9.17) is 14.2 Å². The van der Waals surface area contributed by atoms with Crippen molar-refractivity contribution in [1.29, 1.82) is 0 Å². The van der Waals surface area contributed by atoms with Gasteiger partial charge in [0.05, 0.1) is 24.0 Å². The molecule has 7 nitrogen and oxygen atoms in total. The first-order valence-corrected chi connectivity index (χ1v) is 16.3. The van der Waals surface area contributed by atoms with E-state index in [1.165, 1.54) is 31.1 Å². The summed E-state index contributed by atoms with van der Waals surface area (Å²) >= 11 is 0. The highest BCUT2D eigenvalue weighted by molar-refractivity contribution is 5.96. The van der Waals surface area contributed by atoms with Crippen molar-refractivity contribution in [3.8, 4) is 5.75 Å². The molecule has 1 saturated heterocycles. The number of para-hydroxylation sites is 1. The van der Waals surface area contributed by atoms with Crippen molar-refractivity contribution in [3.05, 3.63) is 125 Å². The maximum absolute atomic E-state index is 13.6. The molecule has 1 amide bonds. The Morgan fingerprint density at radius 2 is 1.57 bits per heavy atom. The van der Waals surface area contributed by atoms with Crippen LogP contribution in [0.25, 0.3) is 0 Å². The number of rotatable bonds is 8. The largest absolute Gasteiger partial charge is 0.487 e. The maximum atomic E-state index is 13.6. The average Bonchev–Trinajstić information content (AvgIpc) is 3.10. The van der Waals surface area contributed by atoms with Crippen LogP contribution in [-0.4, -0.2) is 36.7 Å². The number of methoxy groups -OCH3 is 1. The van der Waals surface area contributed by atoms with Gasteiger partial charge < -0.3 is 24.4 Å². The number of ether oxygens (including phenoxy) is 3. The number of fused-ring (bicyclic) bond motifs is 1. The summed E-state index contributed by atoms with van der Waals surface area (Å²) in [5, 5.41) is 3.52. The molecule has 3 atom stereocenters. The highest BCUT2D eigenvalue weighted by atomic mass is 16.6. The quantitative estimate of drug-likeness (QED) is 0.201. The monoisotopic (exact) mass is 616 g/mol. The fourth-order valence-electron chi connectivity index (χ4n) is 8.05. The Labute approximate surface area is 270 Å². The summed E-state index contributed by atoms with van der Waals surface area (Å²) in [6.07, 6.45) is 5.96.